The normalized spacial score (nSPS) is 12.1. The van der Waals surface area contributed by atoms with E-state index in [0.717, 1.165) is 0 Å². The highest BCUT2D eigenvalue weighted by molar-refractivity contribution is 7.76. The molecule has 0 spiro atoms. The third kappa shape index (κ3) is 7.86. The molecule has 1 N–H and O–H groups in total. The third-order valence-electron chi connectivity index (χ3n) is 9.04. The number of hydrogen-bond acceptors (Lipinski definition) is 2. The van der Waals surface area contributed by atoms with Gasteiger partial charge in [0, 0.05) is 14.1 Å². The van der Waals surface area contributed by atoms with Crippen LogP contribution in [0.5, 0.6) is 0 Å². The number of nitrogens with zero attached hydrogens (tertiary/aromatic N) is 2. The van der Waals surface area contributed by atoms with Gasteiger partial charge >= 0.3 is 0 Å². The van der Waals surface area contributed by atoms with E-state index in [4.69, 9.17) is 9.49 Å². The molecule has 0 atom stereocenters. The van der Waals surface area contributed by atoms with Gasteiger partial charge in [0.05, 0.1) is 22.2 Å². The maximum atomic E-state index is 5.77. The van der Waals surface area contributed by atoms with Crippen molar-refractivity contribution in [1.82, 2.24) is 4.98 Å². The summed E-state index contributed by atoms with van der Waals surface area (Å²) in [6.07, 6.45) is 0. The Morgan fingerprint density at radius 3 is 0.911 bits per heavy atom. The molecule has 3 aromatic carbocycles. The predicted octanol–water partition coefficient (Wildman–Crippen LogP) is 12.5. The zero-order valence-corrected chi connectivity index (χ0v) is 32.3. The first-order valence-electron chi connectivity index (χ1n) is 16.7. The van der Waals surface area contributed by atoms with E-state index in [0.29, 0.717) is 22.6 Å². The second-order valence-electron chi connectivity index (χ2n) is 13.9. The lowest BCUT2D eigenvalue weighted by atomic mass is 10.1. The van der Waals surface area contributed by atoms with Crippen LogP contribution in [0.1, 0.15) is 88.8 Å². The molecule has 0 radical (unpaired) electrons. The van der Waals surface area contributed by atoms with E-state index in [1.807, 2.05) is 36.4 Å². The average Bonchev–Trinajstić information content (AvgIpc) is 3.43. The molecule has 45 heavy (non-hydrogen) atoms. The fourth-order valence-corrected chi connectivity index (χ4v) is 15.4. The van der Waals surface area contributed by atoms with Crippen molar-refractivity contribution in [1.29, 1.82) is 0 Å². The molecule has 4 rings (SSSR count). The summed E-state index contributed by atoms with van der Waals surface area (Å²) in [6.45, 7) is 32.2. The van der Waals surface area contributed by atoms with E-state index in [2.05, 4.69) is 138 Å². The molecule has 244 valence electrons. The van der Waals surface area contributed by atoms with E-state index >= 15 is 0 Å². The van der Waals surface area contributed by atoms with Gasteiger partial charge < -0.3 is 4.98 Å². The maximum Gasteiger partial charge on any atom is 0.0676 e. The monoisotopic (exact) mass is 643 g/mol. The molecule has 1 heterocycles. The SMILES string of the molecule is Cc1cc(C)c(N=P(c2ccc(P(=Nc3c(C)cc(C)cc3C)(C(C)C)C(C)C)[nH]2)(C(C)C)C(C)C)c(C)c1.c1ccccc1. The highest BCUT2D eigenvalue weighted by Crippen LogP contribution is 2.62. The first-order valence-corrected chi connectivity index (χ1v) is 20.4. The number of aromatic amines is 1. The Hall–Kier alpha value is -2.60. The third-order valence-corrected chi connectivity index (χ3v) is 18.5. The van der Waals surface area contributed by atoms with E-state index in [1.54, 1.807) is 0 Å². The number of nitrogens with one attached hydrogen (secondary N) is 1. The van der Waals surface area contributed by atoms with Crippen molar-refractivity contribution in [2.24, 2.45) is 9.49 Å². The second kappa shape index (κ2) is 15.3. The largest absolute Gasteiger partial charge is 0.353 e. The smallest absolute Gasteiger partial charge is 0.0676 e. The number of benzene rings is 3. The summed E-state index contributed by atoms with van der Waals surface area (Å²) in [5, 5.41) is 0. The van der Waals surface area contributed by atoms with Crippen molar-refractivity contribution < 1.29 is 0 Å². The van der Waals surface area contributed by atoms with Crippen molar-refractivity contribution in [3.05, 3.63) is 106 Å². The Morgan fingerprint density at radius 2 is 0.689 bits per heavy atom. The van der Waals surface area contributed by atoms with Crippen molar-refractivity contribution in [2.45, 2.75) is 120 Å². The number of rotatable bonds is 8. The van der Waals surface area contributed by atoms with Crippen LogP contribution in [-0.2, 0) is 0 Å². The average molecular weight is 644 g/mol. The van der Waals surface area contributed by atoms with Gasteiger partial charge in [0.2, 0.25) is 0 Å². The Morgan fingerprint density at radius 1 is 0.444 bits per heavy atom. The van der Waals surface area contributed by atoms with Gasteiger partial charge in [-0.05, 0) is 98.6 Å². The zero-order chi connectivity index (χ0) is 33.7. The van der Waals surface area contributed by atoms with Crippen LogP contribution in [0.2, 0.25) is 0 Å². The van der Waals surface area contributed by atoms with Crippen molar-refractivity contribution >= 4 is 36.4 Å². The van der Waals surface area contributed by atoms with Gasteiger partial charge in [-0.1, -0.05) is 127 Å². The summed E-state index contributed by atoms with van der Waals surface area (Å²) in [4.78, 5) is 4.07. The van der Waals surface area contributed by atoms with Gasteiger partial charge in [-0.15, -0.1) is 0 Å². The molecule has 0 aliphatic rings. The topological polar surface area (TPSA) is 40.5 Å². The lowest BCUT2D eigenvalue weighted by Crippen LogP contribution is -2.26. The molecule has 0 aliphatic carbocycles. The van der Waals surface area contributed by atoms with Gasteiger partial charge in [0.25, 0.3) is 0 Å². The van der Waals surface area contributed by atoms with Crippen LogP contribution in [-0.4, -0.2) is 27.6 Å². The molecule has 0 fully saturated rings. The zero-order valence-electron chi connectivity index (χ0n) is 30.5. The molecule has 0 aliphatic heterocycles. The first-order chi connectivity index (χ1) is 21.1. The molecule has 1 aromatic heterocycles. The maximum absolute atomic E-state index is 5.77. The Kier molecular flexibility index (Phi) is 12.6. The van der Waals surface area contributed by atoms with Crippen LogP contribution in [0, 0.1) is 41.5 Å². The predicted molar refractivity (Wildman–Crippen MR) is 206 cm³/mol. The summed E-state index contributed by atoms with van der Waals surface area (Å²) in [6, 6.07) is 25.9. The molecule has 4 aromatic rings. The van der Waals surface area contributed by atoms with Crippen LogP contribution < -0.4 is 10.9 Å². The quantitative estimate of drug-likeness (QED) is 0.186. The van der Waals surface area contributed by atoms with Gasteiger partial charge in [0.15, 0.2) is 0 Å². The van der Waals surface area contributed by atoms with Crippen LogP contribution in [0.25, 0.3) is 0 Å². The summed E-state index contributed by atoms with van der Waals surface area (Å²) in [5.74, 6) is 0. The van der Waals surface area contributed by atoms with Crippen LogP contribution in [0.4, 0.5) is 11.4 Å². The van der Waals surface area contributed by atoms with E-state index in [9.17, 15) is 0 Å². The van der Waals surface area contributed by atoms with Crippen molar-refractivity contribution in [3.63, 3.8) is 0 Å². The van der Waals surface area contributed by atoms with Crippen LogP contribution in [0.15, 0.2) is 82.3 Å². The molecule has 0 bridgehead atoms. The van der Waals surface area contributed by atoms with Gasteiger partial charge in [-0.3, -0.25) is 9.49 Å². The molecule has 0 amide bonds. The Labute approximate surface area is 275 Å². The second-order valence-corrected chi connectivity index (χ2v) is 22.4. The van der Waals surface area contributed by atoms with Gasteiger partial charge in [-0.2, -0.15) is 0 Å². The molecule has 0 saturated heterocycles. The molecular formula is C40H59N3P2. The number of H-pyrrole nitrogens is 1. The molecule has 0 unspecified atom stereocenters. The number of aryl methyl sites for hydroxylation is 6. The van der Waals surface area contributed by atoms with Crippen molar-refractivity contribution in [2.75, 3.05) is 0 Å². The van der Waals surface area contributed by atoms with Gasteiger partial charge in [-0.25, -0.2) is 0 Å². The Bertz CT molecular complexity index is 1480. The van der Waals surface area contributed by atoms with Crippen LogP contribution in [0.3, 0.4) is 0 Å². The fourth-order valence-electron chi connectivity index (χ4n) is 7.04. The minimum absolute atomic E-state index is 0.425. The summed E-state index contributed by atoms with van der Waals surface area (Å²) in [7, 11) is -3.91. The minimum Gasteiger partial charge on any atom is -0.353 e. The van der Waals surface area contributed by atoms with Gasteiger partial charge in [0.1, 0.15) is 0 Å². The first kappa shape index (κ1) is 36.9. The molecule has 3 nitrogen and oxygen atoms in total. The lowest BCUT2D eigenvalue weighted by Gasteiger charge is -2.34. The summed E-state index contributed by atoms with van der Waals surface area (Å²) < 4.78 is 11.5. The molecule has 0 saturated carbocycles. The number of aromatic nitrogens is 1. The summed E-state index contributed by atoms with van der Waals surface area (Å²) in [5.41, 5.74) is 14.4. The van der Waals surface area contributed by atoms with E-state index < -0.39 is 14.1 Å². The minimum atomic E-state index is -1.96. The molecule has 5 heteroatoms. The van der Waals surface area contributed by atoms with E-state index in [1.165, 1.54) is 55.6 Å². The Balaban J connectivity index is 0.000000821. The summed E-state index contributed by atoms with van der Waals surface area (Å²) >= 11 is 0. The van der Waals surface area contributed by atoms with Crippen LogP contribution >= 0.6 is 14.1 Å². The fraction of sp³-hybridized carbons (Fsp3) is 0.450. The highest BCUT2D eigenvalue weighted by atomic mass is 31.2. The number of hydrogen-bond donors (Lipinski definition) is 1. The standard InChI is InChI=1S/C34H53N3P2.C6H6/c1-21(2)38(22(3)4,36-33-27(11)17-25(9)18-28(33)12)31-15-16-32(35-31)39(23(5)6,24(7)8)37-34-29(13)19-26(10)20-30(34)14;1-2-4-6-5-3-1/h15-24,35H,1-14H3;1-6H. The van der Waals surface area contributed by atoms with Crippen molar-refractivity contribution in [3.8, 4) is 0 Å². The molecular weight excluding hydrogens is 584 g/mol. The van der Waals surface area contributed by atoms with E-state index in [-0.39, 0.29) is 0 Å². The lowest BCUT2D eigenvalue weighted by molar-refractivity contribution is 0.994. The highest BCUT2D eigenvalue weighted by Gasteiger charge is 2.36.